The van der Waals surface area contributed by atoms with Gasteiger partial charge in [0.05, 0.1) is 18.1 Å². The topological polar surface area (TPSA) is 63.9 Å². The van der Waals surface area contributed by atoms with E-state index in [0.717, 1.165) is 19.6 Å². The lowest BCUT2D eigenvalue weighted by Crippen LogP contribution is -2.38. The molecule has 78 valence electrons. The lowest BCUT2D eigenvalue weighted by atomic mass is 10.4. The molecule has 3 N–H and O–H groups in total. The first-order valence-electron chi connectivity index (χ1n) is 4.36. The minimum absolute atomic E-state index is 0.0724. The molecule has 0 aromatic rings. The smallest absolute Gasteiger partial charge is 0.0612 e. The zero-order valence-electron chi connectivity index (χ0n) is 7.59. The highest BCUT2D eigenvalue weighted by Gasteiger charge is 2.20. The summed E-state index contributed by atoms with van der Waals surface area (Å²) in [5.41, 5.74) is 0. The number of hydrogen-bond donors (Lipinski definition) is 3. The summed E-state index contributed by atoms with van der Waals surface area (Å²) in [7, 11) is -2.26. The van der Waals surface area contributed by atoms with Gasteiger partial charge in [-0.3, -0.25) is 14.0 Å². The Bertz CT molecular complexity index is 174. The molecule has 0 aliphatic carbocycles. The van der Waals surface area contributed by atoms with E-state index in [2.05, 4.69) is 4.90 Å². The van der Waals surface area contributed by atoms with Gasteiger partial charge >= 0.3 is 0 Å². The van der Waals surface area contributed by atoms with E-state index in [1.165, 1.54) is 0 Å². The molecule has 1 saturated heterocycles. The Balaban J connectivity index is 2.21. The molecule has 13 heavy (non-hydrogen) atoms. The van der Waals surface area contributed by atoms with E-state index in [4.69, 9.17) is 5.11 Å². The second-order valence-electron chi connectivity index (χ2n) is 3.17. The summed E-state index contributed by atoms with van der Waals surface area (Å²) in [4.78, 5) is 2.14. The highest BCUT2D eigenvalue weighted by molar-refractivity contribution is 8.24. The molecule has 1 rings (SSSR count). The average molecular weight is 207 g/mol. The standard InChI is InChI=1S/C8H17NO3S/c10-6-2-1-3-9-4-7-13(11,12)8-5-9/h1-2,10-12H,3-8H2/b2-1+. The zero-order chi connectivity index (χ0) is 9.73. The molecule has 1 aliphatic rings. The summed E-state index contributed by atoms with van der Waals surface area (Å²) in [6, 6.07) is 0. The van der Waals surface area contributed by atoms with Crippen LogP contribution in [-0.2, 0) is 0 Å². The Hall–Kier alpha value is -0.0700. The second-order valence-corrected chi connectivity index (χ2v) is 5.59. The highest BCUT2D eigenvalue weighted by atomic mass is 32.3. The summed E-state index contributed by atoms with van der Waals surface area (Å²) in [5, 5.41) is 8.50. The Kier molecular flexibility index (Phi) is 4.21. The van der Waals surface area contributed by atoms with E-state index in [9.17, 15) is 9.11 Å². The predicted octanol–water partition coefficient (Wildman–Crippen LogP) is 0.601. The summed E-state index contributed by atoms with van der Waals surface area (Å²) in [5.74, 6) is 0.972. The average Bonchev–Trinajstić information content (AvgIpc) is 2.08. The third-order valence-corrected chi connectivity index (χ3v) is 3.78. The molecule has 0 amide bonds. The molecule has 5 heteroatoms. The number of rotatable bonds is 3. The fourth-order valence-corrected chi connectivity index (χ4v) is 2.55. The largest absolute Gasteiger partial charge is 0.392 e. The van der Waals surface area contributed by atoms with E-state index in [-0.39, 0.29) is 6.61 Å². The van der Waals surface area contributed by atoms with Crippen LogP contribution in [-0.4, -0.2) is 56.9 Å². The van der Waals surface area contributed by atoms with E-state index < -0.39 is 10.6 Å². The van der Waals surface area contributed by atoms with Crippen molar-refractivity contribution in [2.75, 3.05) is 37.7 Å². The van der Waals surface area contributed by atoms with Crippen molar-refractivity contribution in [2.45, 2.75) is 0 Å². The van der Waals surface area contributed by atoms with Crippen molar-refractivity contribution in [1.82, 2.24) is 4.90 Å². The first-order valence-corrected chi connectivity index (χ1v) is 6.24. The Morgan fingerprint density at radius 1 is 1.15 bits per heavy atom. The first-order chi connectivity index (χ1) is 6.14. The molecule has 0 unspecified atom stereocenters. The molecule has 0 bridgehead atoms. The maximum Gasteiger partial charge on any atom is 0.0612 e. The maximum absolute atomic E-state index is 9.32. The van der Waals surface area contributed by atoms with Crippen LogP contribution < -0.4 is 0 Å². The van der Waals surface area contributed by atoms with Crippen LogP contribution in [0.2, 0.25) is 0 Å². The van der Waals surface area contributed by atoms with Crippen LogP contribution in [0.25, 0.3) is 0 Å². The van der Waals surface area contributed by atoms with E-state index >= 15 is 0 Å². The number of nitrogens with zero attached hydrogens (tertiary/aromatic N) is 1. The van der Waals surface area contributed by atoms with Gasteiger partial charge < -0.3 is 5.11 Å². The molecule has 0 spiro atoms. The van der Waals surface area contributed by atoms with E-state index in [0.29, 0.717) is 11.5 Å². The van der Waals surface area contributed by atoms with Gasteiger partial charge in [0.15, 0.2) is 0 Å². The van der Waals surface area contributed by atoms with Gasteiger partial charge in [-0.25, -0.2) is 0 Å². The van der Waals surface area contributed by atoms with Crippen molar-refractivity contribution in [3.05, 3.63) is 12.2 Å². The van der Waals surface area contributed by atoms with Crippen LogP contribution >= 0.6 is 10.6 Å². The molecule has 0 atom stereocenters. The van der Waals surface area contributed by atoms with E-state index in [1.54, 1.807) is 6.08 Å². The lowest BCUT2D eigenvalue weighted by Gasteiger charge is -2.40. The van der Waals surface area contributed by atoms with Crippen LogP contribution in [0, 0.1) is 0 Å². The minimum atomic E-state index is -2.26. The van der Waals surface area contributed by atoms with Crippen LogP contribution in [0.15, 0.2) is 12.2 Å². The Labute approximate surface area is 80.2 Å². The molecular weight excluding hydrogens is 190 g/mol. The minimum Gasteiger partial charge on any atom is -0.392 e. The summed E-state index contributed by atoms with van der Waals surface area (Å²) >= 11 is 0. The predicted molar refractivity (Wildman–Crippen MR) is 55.2 cm³/mol. The molecule has 0 aromatic carbocycles. The maximum atomic E-state index is 9.32. The van der Waals surface area contributed by atoms with Gasteiger partial charge in [0, 0.05) is 19.6 Å². The van der Waals surface area contributed by atoms with Gasteiger partial charge in [-0.1, -0.05) is 12.2 Å². The molecular formula is C8H17NO3S. The monoisotopic (exact) mass is 207 g/mol. The number of hydrogen-bond acceptors (Lipinski definition) is 4. The normalized spacial score (nSPS) is 26.4. The Morgan fingerprint density at radius 2 is 1.77 bits per heavy atom. The van der Waals surface area contributed by atoms with Gasteiger partial charge in [-0.2, -0.15) is 10.6 Å². The van der Waals surface area contributed by atoms with Crippen molar-refractivity contribution in [3.8, 4) is 0 Å². The summed E-state index contributed by atoms with van der Waals surface area (Å²) < 4.78 is 18.6. The molecule has 0 saturated carbocycles. The van der Waals surface area contributed by atoms with Crippen molar-refractivity contribution >= 4 is 10.6 Å². The van der Waals surface area contributed by atoms with E-state index in [1.807, 2.05) is 6.08 Å². The van der Waals surface area contributed by atoms with Crippen molar-refractivity contribution in [3.63, 3.8) is 0 Å². The molecule has 1 aliphatic heterocycles. The second kappa shape index (κ2) is 4.97. The van der Waals surface area contributed by atoms with Crippen molar-refractivity contribution < 1.29 is 14.2 Å². The molecule has 0 aromatic heterocycles. The third kappa shape index (κ3) is 4.10. The van der Waals surface area contributed by atoms with Crippen LogP contribution in [0.4, 0.5) is 0 Å². The highest BCUT2D eigenvalue weighted by Crippen LogP contribution is 2.40. The number of aliphatic hydroxyl groups is 1. The van der Waals surface area contributed by atoms with Crippen LogP contribution in [0.3, 0.4) is 0 Å². The van der Waals surface area contributed by atoms with Gasteiger partial charge in [0.2, 0.25) is 0 Å². The molecule has 4 nitrogen and oxygen atoms in total. The lowest BCUT2D eigenvalue weighted by molar-refractivity contribution is 0.310. The summed E-state index contributed by atoms with van der Waals surface area (Å²) in [6.07, 6.45) is 3.60. The Morgan fingerprint density at radius 3 is 2.31 bits per heavy atom. The molecule has 1 heterocycles. The van der Waals surface area contributed by atoms with Gasteiger partial charge in [-0.05, 0) is 0 Å². The van der Waals surface area contributed by atoms with Crippen LogP contribution in [0.5, 0.6) is 0 Å². The van der Waals surface area contributed by atoms with Crippen LogP contribution in [0.1, 0.15) is 0 Å². The molecule has 0 radical (unpaired) electrons. The first kappa shape index (κ1) is 11.0. The van der Waals surface area contributed by atoms with Gasteiger partial charge in [0.1, 0.15) is 0 Å². The van der Waals surface area contributed by atoms with Crippen molar-refractivity contribution in [2.24, 2.45) is 0 Å². The van der Waals surface area contributed by atoms with Crippen molar-refractivity contribution in [1.29, 1.82) is 0 Å². The van der Waals surface area contributed by atoms with Gasteiger partial charge in [0.25, 0.3) is 0 Å². The zero-order valence-corrected chi connectivity index (χ0v) is 8.41. The third-order valence-electron chi connectivity index (χ3n) is 2.10. The fraction of sp³-hybridized carbons (Fsp3) is 0.750. The fourth-order valence-electron chi connectivity index (χ4n) is 1.25. The quantitative estimate of drug-likeness (QED) is 0.593. The summed E-state index contributed by atoms with van der Waals surface area (Å²) in [6.45, 7) is 2.33. The molecule has 1 fully saturated rings. The van der Waals surface area contributed by atoms with Gasteiger partial charge in [-0.15, -0.1) is 0 Å². The SMILES string of the molecule is OC/C=C/CN1CCS(O)(O)CC1. The number of aliphatic hydroxyl groups excluding tert-OH is 1.